The van der Waals surface area contributed by atoms with Gasteiger partial charge in [0.15, 0.2) is 5.82 Å². The Morgan fingerprint density at radius 3 is 2.71 bits per heavy atom. The Morgan fingerprint density at radius 1 is 1.38 bits per heavy atom. The van der Waals surface area contributed by atoms with E-state index in [1.807, 2.05) is 7.05 Å². The first kappa shape index (κ1) is 15.7. The van der Waals surface area contributed by atoms with Gasteiger partial charge in [-0.15, -0.1) is 0 Å². The molecule has 6 heteroatoms. The Hall–Kier alpha value is -1.69. The molecule has 4 nitrogen and oxygen atoms in total. The zero-order valence-corrected chi connectivity index (χ0v) is 12.2. The number of hydrogen-bond acceptors (Lipinski definition) is 3. The first-order valence-electron chi connectivity index (χ1n) is 7.22. The second-order valence-electron chi connectivity index (χ2n) is 5.50. The maximum absolute atomic E-state index is 13.7. The van der Waals surface area contributed by atoms with Gasteiger partial charge in [0.05, 0.1) is 5.69 Å². The summed E-state index contributed by atoms with van der Waals surface area (Å²) in [6, 6.07) is 2.65. The Balaban J connectivity index is 1.89. The number of anilines is 1. The molecule has 1 amide bonds. The van der Waals surface area contributed by atoms with Crippen molar-refractivity contribution in [3.8, 4) is 0 Å². The Kier molecular flexibility index (Phi) is 5.12. The van der Waals surface area contributed by atoms with Crippen molar-refractivity contribution < 1.29 is 13.6 Å². The van der Waals surface area contributed by atoms with E-state index in [2.05, 4.69) is 10.2 Å². The lowest BCUT2D eigenvalue weighted by Gasteiger charge is -2.23. The number of nitrogens with one attached hydrogen (secondary N) is 1. The Bertz CT molecular complexity index is 516. The molecule has 0 aliphatic heterocycles. The first-order valence-corrected chi connectivity index (χ1v) is 7.22. The number of benzene rings is 1. The summed E-state index contributed by atoms with van der Waals surface area (Å²) in [5.41, 5.74) is 4.51. The molecule has 1 aliphatic rings. The minimum atomic E-state index is -1.00. The molecule has 21 heavy (non-hydrogen) atoms. The summed E-state index contributed by atoms with van der Waals surface area (Å²) in [7, 11) is 2.00. The van der Waals surface area contributed by atoms with Gasteiger partial charge in [-0.05, 0) is 32.0 Å². The van der Waals surface area contributed by atoms with Crippen molar-refractivity contribution in [3.05, 3.63) is 29.3 Å². The molecule has 3 N–H and O–H groups in total. The van der Waals surface area contributed by atoms with Gasteiger partial charge in [0.25, 0.3) is 5.91 Å². The van der Waals surface area contributed by atoms with Gasteiger partial charge in [0.1, 0.15) is 11.4 Å². The maximum atomic E-state index is 13.7. The summed E-state index contributed by atoms with van der Waals surface area (Å²) < 4.78 is 27.3. The van der Waals surface area contributed by atoms with Crippen LogP contribution in [0.4, 0.5) is 14.5 Å². The van der Waals surface area contributed by atoms with Gasteiger partial charge in [-0.1, -0.05) is 12.8 Å². The van der Waals surface area contributed by atoms with E-state index >= 15 is 0 Å². The fraction of sp³-hybridized carbons (Fsp3) is 0.533. The summed E-state index contributed by atoms with van der Waals surface area (Å²) in [5, 5.41) is 2.55. The third kappa shape index (κ3) is 3.69. The van der Waals surface area contributed by atoms with E-state index in [1.54, 1.807) is 0 Å². The van der Waals surface area contributed by atoms with Crippen LogP contribution in [0.15, 0.2) is 12.1 Å². The fourth-order valence-corrected chi connectivity index (χ4v) is 2.74. The van der Waals surface area contributed by atoms with Crippen molar-refractivity contribution in [2.75, 3.05) is 25.9 Å². The topological polar surface area (TPSA) is 58.4 Å². The summed E-state index contributed by atoms with van der Waals surface area (Å²) in [6.07, 6.45) is 4.81. The van der Waals surface area contributed by atoms with E-state index < -0.39 is 23.1 Å². The molecule has 0 bridgehead atoms. The van der Waals surface area contributed by atoms with Crippen LogP contribution in [0, 0.1) is 11.6 Å². The molecule has 2 rings (SSSR count). The SMILES string of the molecule is CN(CCNC(=O)c1c(F)ccc(N)c1F)C1CCCC1. The fourth-order valence-electron chi connectivity index (χ4n) is 2.74. The van der Waals surface area contributed by atoms with Crippen molar-refractivity contribution in [1.29, 1.82) is 0 Å². The molecule has 1 aromatic carbocycles. The number of rotatable bonds is 5. The zero-order chi connectivity index (χ0) is 15.4. The molecule has 1 aromatic rings. The third-order valence-electron chi connectivity index (χ3n) is 4.05. The largest absolute Gasteiger partial charge is 0.396 e. The minimum Gasteiger partial charge on any atom is -0.396 e. The lowest BCUT2D eigenvalue weighted by molar-refractivity contribution is 0.0939. The van der Waals surface area contributed by atoms with E-state index in [0.717, 1.165) is 12.1 Å². The van der Waals surface area contributed by atoms with Crippen molar-refractivity contribution in [2.24, 2.45) is 0 Å². The van der Waals surface area contributed by atoms with Crippen molar-refractivity contribution in [1.82, 2.24) is 10.2 Å². The molecule has 1 fully saturated rings. The van der Waals surface area contributed by atoms with E-state index in [1.165, 1.54) is 25.7 Å². The highest BCUT2D eigenvalue weighted by atomic mass is 19.1. The number of halogens is 2. The average Bonchev–Trinajstić information content (AvgIpc) is 2.97. The highest BCUT2D eigenvalue weighted by Crippen LogP contribution is 2.22. The quantitative estimate of drug-likeness (QED) is 0.819. The monoisotopic (exact) mass is 297 g/mol. The molecule has 0 atom stereocenters. The highest BCUT2D eigenvalue weighted by Gasteiger charge is 2.21. The molecular formula is C15H21F2N3O. The Morgan fingerprint density at radius 2 is 2.05 bits per heavy atom. The van der Waals surface area contributed by atoms with Crippen LogP contribution in [0.2, 0.25) is 0 Å². The van der Waals surface area contributed by atoms with Gasteiger partial charge in [0.2, 0.25) is 0 Å². The number of nitrogen functional groups attached to an aromatic ring is 1. The van der Waals surface area contributed by atoms with Crippen LogP contribution < -0.4 is 11.1 Å². The number of likely N-dealkylation sites (N-methyl/N-ethyl adjacent to an activating group) is 1. The van der Waals surface area contributed by atoms with Crippen molar-refractivity contribution >= 4 is 11.6 Å². The van der Waals surface area contributed by atoms with Gasteiger partial charge in [0, 0.05) is 19.1 Å². The second-order valence-corrected chi connectivity index (χ2v) is 5.50. The van der Waals surface area contributed by atoms with Crippen LogP contribution in [0.5, 0.6) is 0 Å². The second kappa shape index (κ2) is 6.85. The molecule has 0 heterocycles. The summed E-state index contributed by atoms with van der Waals surface area (Å²) in [5.74, 6) is -2.67. The maximum Gasteiger partial charge on any atom is 0.257 e. The van der Waals surface area contributed by atoms with Crippen LogP contribution in [-0.2, 0) is 0 Å². The molecule has 116 valence electrons. The number of nitrogens with zero attached hydrogens (tertiary/aromatic N) is 1. The number of hydrogen-bond donors (Lipinski definition) is 2. The van der Waals surface area contributed by atoms with Gasteiger partial charge >= 0.3 is 0 Å². The molecule has 0 radical (unpaired) electrons. The molecule has 1 saturated carbocycles. The number of amides is 1. The van der Waals surface area contributed by atoms with E-state index in [9.17, 15) is 13.6 Å². The summed E-state index contributed by atoms with van der Waals surface area (Å²) >= 11 is 0. The van der Waals surface area contributed by atoms with Gasteiger partial charge in [-0.3, -0.25) is 4.79 Å². The van der Waals surface area contributed by atoms with Crippen LogP contribution in [0.25, 0.3) is 0 Å². The normalized spacial score (nSPS) is 15.6. The molecule has 0 unspecified atom stereocenters. The van der Waals surface area contributed by atoms with E-state index in [0.29, 0.717) is 19.1 Å². The Labute approximate surface area is 123 Å². The molecule has 1 aliphatic carbocycles. The van der Waals surface area contributed by atoms with Gasteiger partial charge < -0.3 is 16.0 Å². The van der Waals surface area contributed by atoms with Crippen LogP contribution in [0.3, 0.4) is 0 Å². The van der Waals surface area contributed by atoms with Crippen LogP contribution in [-0.4, -0.2) is 37.0 Å². The third-order valence-corrected chi connectivity index (χ3v) is 4.05. The smallest absolute Gasteiger partial charge is 0.257 e. The highest BCUT2D eigenvalue weighted by molar-refractivity contribution is 5.95. The van der Waals surface area contributed by atoms with Crippen LogP contribution in [0.1, 0.15) is 36.0 Å². The lowest BCUT2D eigenvalue weighted by atomic mass is 10.1. The van der Waals surface area contributed by atoms with Crippen molar-refractivity contribution in [2.45, 2.75) is 31.7 Å². The molecule has 0 saturated heterocycles. The molecular weight excluding hydrogens is 276 g/mol. The molecule has 0 aromatic heterocycles. The number of nitrogens with two attached hydrogens (primary N) is 1. The van der Waals surface area contributed by atoms with Gasteiger partial charge in [-0.2, -0.15) is 0 Å². The standard InChI is InChI=1S/C15H21F2N3O/c1-20(10-4-2-3-5-10)9-8-19-15(21)13-11(16)6-7-12(18)14(13)17/h6-7,10H,2-5,8-9,18H2,1H3,(H,19,21). The van der Waals surface area contributed by atoms with Crippen molar-refractivity contribution in [3.63, 3.8) is 0 Å². The van der Waals surface area contributed by atoms with E-state index in [4.69, 9.17) is 5.73 Å². The first-order chi connectivity index (χ1) is 10.0. The predicted molar refractivity (Wildman–Crippen MR) is 78.0 cm³/mol. The minimum absolute atomic E-state index is 0.232. The number of carbonyl (C=O) groups excluding carboxylic acids is 1. The van der Waals surface area contributed by atoms with E-state index in [-0.39, 0.29) is 5.69 Å². The molecule has 0 spiro atoms. The zero-order valence-electron chi connectivity index (χ0n) is 12.2. The lowest BCUT2D eigenvalue weighted by Crippen LogP contribution is -2.37. The predicted octanol–water partition coefficient (Wildman–Crippen LogP) is 2.15. The average molecular weight is 297 g/mol. The van der Waals surface area contributed by atoms with Gasteiger partial charge in [-0.25, -0.2) is 8.78 Å². The summed E-state index contributed by atoms with van der Waals surface area (Å²) in [6.45, 7) is 1.00. The summed E-state index contributed by atoms with van der Waals surface area (Å²) in [4.78, 5) is 14.1. The van der Waals surface area contributed by atoms with Crippen LogP contribution >= 0.6 is 0 Å². The number of carbonyl (C=O) groups is 1.